The van der Waals surface area contributed by atoms with Crippen molar-refractivity contribution in [3.63, 3.8) is 0 Å². The van der Waals surface area contributed by atoms with Crippen LogP contribution in [0.25, 0.3) is 10.8 Å². The van der Waals surface area contributed by atoms with Gasteiger partial charge in [-0.15, -0.1) is 0 Å². The maximum Gasteiger partial charge on any atom is 0.253 e. The molecule has 0 aliphatic heterocycles. The highest BCUT2D eigenvalue weighted by atomic mass is 16.2. The second-order valence-electron chi connectivity index (χ2n) is 4.18. The molecule has 0 fully saturated rings. The van der Waals surface area contributed by atoms with Gasteiger partial charge in [-0.2, -0.15) is 0 Å². The van der Waals surface area contributed by atoms with Gasteiger partial charge in [0.05, 0.1) is 0 Å². The lowest BCUT2D eigenvalue weighted by Crippen LogP contribution is -2.21. The van der Waals surface area contributed by atoms with Crippen molar-refractivity contribution < 1.29 is 4.79 Å². The Morgan fingerprint density at radius 1 is 1.00 bits per heavy atom. The first-order chi connectivity index (χ1) is 7.61. The van der Waals surface area contributed by atoms with Gasteiger partial charge in [0.25, 0.3) is 5.91 Å². The van der Waals surface area contributed by atoms with E-state index in [0.717, 1.165) is 16.3 Å². The lowest BCUT2D eigenvalue weighted by atomic mass is 10.00. The number of carbonyl (C=O) groups is 1. The highest BCUT2D eigenvalue weighted by Gasteiger charge is 2.12. The van der Waals surface area contributed by atoms with E-state index in [4.69, 9.17) is 0 Å². The van der Waals surface area contributed by atoms with Crippen LogP contribution in [0, 0.1) is 6.92 Å². The zero-order valence-electron chi connectivity index (χ0n) is 9.82. The first kappa shape index (κ1) is 10.7. The molecule has 0 aliphatic carbocycles. The minimum absolute atomic E-state index is 0.0520. The van der Waals surface area contributed by atoms with Gasteiger partial charge in [-0.05, 0) is 29.3 Å². The van der Waals surface area contributed by atoms with E-state index in [1.54, 1.807) is 19.0 Å². The van der Waals surface area contributed by atoms with E-state index in [2.05, 4.69) is 13.0 Å². The summed E-state index contributed by atoms with van der Waals surface area (Å²) >= 11 is 0. The molecule has 0 unspecified atom stereocenters. The Labute approximate surface area is 95.5 Å². The van der Waals surface area contributed by atoms with Crippen LogP contribution < -0.4 is 0 Å². The fraction of sp³-hybridized carbons (Fsp3) is 0.214. The van der Waals surface area contributed by atoms with Crippen LogP contribution in [0.1, 0.15) is 15.9 Å². The van der Waals surface area contributed by atoms with E-state index in [1.807, 2.05) is 30.3 Å². The fourth-order valence-corrected chi connectivity index (χ4v) is 1.88. The molecule has 2 nitrogen and oxygen atoms in total. The second-order valence-corrected chi connectivity index (χ2v) is 4.18. The third-order valence-corrected chi connectivity index (χ3v) is 2.78. The van der Waals surface area contributed by atoms with Gasteiger partial charge >= 0.3 is 0 Å². The molecule has 1 amide bonds. The lowest BCUT2D eigenvalue weighted by molar-refractivity contribution is 0.0829. The van der Waals surface area contributed by atoms with Crippen molar-refractivity contribution in [2.45, 2.75) is 6.92 Å². The van der Waals surface area contributed by atoms with Gasteiger partial charge in [-0.1, -0.05) is 30.3 Å². The number of benzene rings is 2. The maximum absolute atomic E-state index is 12.0. The Morgan fingerprint density at radius 3 is 2.25 bits per heavy atom. The van der Waals surface area contributed by atoms with Crippen LogP contribution >= 0.6 is 0 Å². The molecule has 0 atom stereocenters. The first-order valence-corrected chi connectivity index (χ1v) is 5.31. The summed E-state index contributed by atoms with van der Waals surface area (Å²) in [7, 11) is 3.55. The predicted molar refractivity (Wildman–Crippen MR) is 66.7 cm³/mol. The lowest BCUT2D eigenvalue weighted by Gasteiger charge is -2.13. The number of hydrogen-bond donors (Lipinski definition) is 0. The van der Waals surface area contributed by atoms with Crippen LogP contribution in [-0.4, -0.2) is 24.9 Å². The highest BCUT2D eigenvalue weighted by Crippen LogP contribution is 2.22. The fourth-order valence-electron chi connectivity index (χ4n) is 1.88. The number of nitrogens with zero attached hydrogens (tertiary/aromatic N) is 1. The summed E-state index contributed by atoms with van der Waals surface area (Å²) in [5.74, 6) is 0.0520. The Bertz CT molecular complexity index is 543. The van der Waals surface area contributed by atoms with Crippen molar-refractivity contribution in [1.82, 2.24) is 4.90 Å². The van der Waals surface area contributed by atoms with E-state index in [-0.39, 0.29) is 5.91 Å². The molecule has 0 saturated heterocycles. The first-order valence-electron chi connectivity index (χ1n) is 5.31. The summed E-state index contributed by atoms with van der Waals surface area (Å²) in [6.07, 6.45) is 0. The highest BCUT2D eigenvalue weighted by molar-refractivity contribution is 6.07. The molecule has 82 valence electrons. The van der Waals surface area contributed by atoms with Crippen molar-refractivity contribution in [2.24, 2.45) is 0 Å². The Kier molecular flexibility index (Phi) is 2.65. The quantitative estimate of drug-likeness (QED) is 0.713. The molecule has 0 aliphatic rings. The average molecular weight is 213 g/mol. The third-order valence-electron chi connectivity index (χ3n) is 2.78. The zero-order chi connectivity index (χ0) is 11.7. The van der Waals surface area contributed by atoms with Crippen LogP contribution in [0.2, 0.25) is 0 Å². The number of hydrogen-bond acceptors (Lipinski definition) is 1. The smallest absolute Gasteiger partial charge is 0.253 e. The third kappa shape index (κ3) is 1.67. The van der Waals surface area contributed by atoms with Crippen LogP contribution in [-0.2, 0) is 0 Å². The summed E-state index contributed by atoms with van der Waals surface area (Å²) in [6, 6.07) is 11.9. The second kappa shape index (κ2) is 3.97. The summed E-state index contributed by atoms with van der Waals surface area (Å²) in [5.41, 5.74) is 1.97. The molecule has 0 N–H and O–H groups in total. The van der Waals surface area contributed by atoms with Crippen LogP contribution in [0.3, 0.4) is 0 Å². The topological polar surface area (TPSA) is 20.3 Å². The molecular formula is C14H15NO. The van der Waals surface area contributed by atoms with Crippen LogP contribution in [0.4, 0.5) is 0 Å². The molecule has 2 aromatic carbocycles. The average Bonchev–Trinajstić information content (AvgIpc) is 2.29. The maximum atomic E-state index is 12.0. The predicted octanol–water partition coefficient (Wildman–Crippen LogP) is 2.85. The van der Waals surface area contributed by atoms with Gasteiger partial charge in [0.2, 0.25) is 0 Å². The molecule has 0 radical (unpaired) electrons. The van der Waals surface area contributed by atoms with E-state index in [0.29, 0.717) is 0 Å². The number of amides is 1. The summed E-state index contributed by atoms with van der Waals surface area (Å²) in [5, 5.41) is 2.18. The molecule has 0 bridgehead atoms. The molecule has 0 spiro atoms. The van der Waals surface area contributed by atoms with Gasteiger partial charge < -0.3 is 4.90 Å². The van der Waals surface area contributed by atoms with Crippen molar-refractivity contribution >= 4 is 16.7 Å². The summed E-state index contributed by atoms with van der Waals surface area (Å²) < 4.78 is 0. The van der Waals surface area contributed by atoms with Gasteiger partial charge in [0, 0.05) is 19.7 Å². The summed E-state index contributed by atoms with van der Waals surface area (Å²) in [6.45, 7) is 2.06. The zero-order valence-corrected chi connectivity index (χ0v) is 9.82. The molecule has 2 aromatic rings. The standard InChI is InChI=1S/C14H15NO/c1-10-8-9-13(14(16)15(2)3)12-7-5-4-6-11(10)12/h4-9H,1-3H3. The van der Waals surface area contributed by atoms with Crippen LogP contribution in [0.15, 0.2) is 36.4 Å². The minimum atomic E-state index is 0.0520. The number of carbonyl (C=O) groups excluding carboxylic acids is 1. The van der Waals surface area contributed by atoms with Crippen molar-refractivity contribution in [3.05, 3.63) is 47.5 Å². The number of fused-ring (bicyclic) bond motifs is 1. The molecule has 2 rings (SSSR count). The van der Waals surface area contributed by atoms with E-state index >= 15 is 0 Å². The largest absolute Gasteiger partial charge is 0.345 e. The van der Waals surface area contributed by atoms with E-state index in [9.17, 15) is 4.79 Å². The Hall–Kier alpha value is -1.83. The van der Waals surface area contributed by atoms with Gasteiger partial charge in [0.15, 0.2) is 0 Å². The summed E-state index contributed by atoms with van der Waals surface area (Å²) in [4.78, 5) is 13.6. The van der Waals surface area contributed by atoms with Gasteiger partial charge in [-0.25, -0.2) is 0 Å². The monoisotopic (exact) mass is 213 g/mol. The SMILES string of the molecule is Cc1ccc(C(=O)N(C)C)c2ccccc12. The normalized spacial score (nSPS) is 10.4. The van der Waals surface area contributed by atoms with E-state index < -0.39 is 0 Å². The van der Waals surface area contributed by atoms with Crippen molar-refractivity contribution in [3.8, 4) is 0 Å². The molecule has 16 heavy (non-hydrogen) atoms. The van der Waals surface area contributed by atoms with Gasteiger partial charge in [-0.3, -0.25) is 4.79 Å². The van der Waals surface area contributed by atoms with Crippen LogP contribution in [0.5, 0.6) is 0 Å². The molecule has 0 aromatic heterocycles. The number of rotatable bonds is 1. The minimum Gasteiger partial charge on any atom is -0.345 e. The van der Waals surface area contributed by atoms with E-state index in [1.165, 1.54) is 5.56 Å². The number of aryl methyl sites for hydroxylation is 1. The van der Waals surface area contributed by atoms with Crippen molar-refractivity contribution in [2.75, 3.05) is 14.1 Å². The Balaban J connectivity index is 2.72. The van der Waals surface area contributed by atoms with Gasteiger partial charge in [0.1, 0.15) is 0 Å². The molecule has 0 saturated carbocycles. The molecular weight excluding hydrogens is 198 g/mol. The Morgan fingerprint density at radius 2 is 1.62 bits per heavy atom. The van der Waals surface area contributed by atoms with Crippen molar-refractivity contribution in [1.29, 1.82) is 0 Å². The molecule has 0 heterocycles. The molecule has 2 heteroatoms.